The second-order valence-electron chi connectivity index (χ2n) is 5.92. The lowest BCUT2D eigenvalue weighted by Crippen LogP contribution is -2.50. The zero-order valence-corrected chi connectivity index (χ0v) is 16.2. The second-order valence-corrected chi connectivity index (χ2v) is 6.33. The number of rotatable bonds is 6. The molecule has 0 bridgehead atoms. The lowest BCUT2D eigenvalue weighted by atomic mass is 10.1. The van der Waals surface area contributed by atoms with Gasteiger partial charge in [0.1, 0.15) is 11.5 Å². The first-order valence-corrected chi connectivity index (χ1v) is 9.20. The first kappa shape index (κ1) is 20.1. The molecule has 29 heavy (non-hydrogen) atoms. The van der Waals surface area contributed by atoms with E-state index in [0.717, 1.165) is 10.8 Å². The maximum atomic E-state index is 12.0. The number of para-hydroxylation sites is 1. The molecule has 3 N–H and O–H groups in total. The van der Waals surface area contributed by atoms with Gasteiger partial charge in [-0.1, -0.05) is 54.6 Å². The number of carbonyl (C=O) groups excluding carboxylic acids is 2. The monoisotopic (exact) mass is 409 g/mol. The molecule has 8 heteroatoms. The summed E-state index contributed by atoms with van der Waals surface area (Å²) in [6, 6.07) is 22.3. The maximum Gasteiger partial charge on any atom is 0.276 e. The minimum Gasteiger partial charge on any atom is -0.484 e. The van der Waals surface area contributed by atoms with Gasteiger partial charge in [0.2, 0.25) is 0 Å². The van der Waals surface area contributed by atoms with Gasteiger partial charge in [-0.05, 0) is 35.8 Å². The third-order valence-corrected chi connectivity index (χ3v) is 3.99. The van der Waals surface area contributed by atoms with Crippen molar-refractivity contribution in [1.82, 2.24) is 16.2 Å². The van der Waals surface area contributed by atoms with E-state index in [-0.39, 0.29) is 18.3 Å². The van der Waals surface area contributed by atoms with Crippen LogP contribution in [0.25, 0.3) is 10.8 Å². The van der Waals surface area contributed by atoms with Crippen LogP contribution in [0, 0.1) is 0 Å². The molecule has 0 spiro atoms. The molecule has 3 rings (SSSR count). The second kappa shape index (κ2) is 10.0. The lowest BCUT2D eigenvalue weighted by molar-refractivity contribution is -0.124. The molecule has 0 aromatic heterocycles. The average molecular weight is 409 g/mol. The summed E-state index contributed by atoms with van der Waals surface area (Å²) in [4.78, 5) is 23.8. The van der Waals surface area contributed by atoms with E-state index in [2.05, 4.69) is 16.2 Å². The Balaban J connectivity index is 1.38. The van der Waals surface area contributed by atoms with Crippen molar-refractivity contribution < 1.29 is 19.1 Å². The summed E-state index contributed by atoms with van der Waals surface area (Å²) in [5, 5.41) is 4.29. The topological polar surface area (TPSA) is 88.7 Å². The van der Waals surface area contributed by atoms with E-state index in [1.807, 2.05) is 42.5 Å². The summed E-state index contributed by atoms with van der Waals surface area (Å²) in [5.41, 5.74) is 4.82. The number of hydrogen-bond donors (Lipinski definition) is 3. The molecule has 2 amide bonds. The number of benzene rings is 3. The fraction of sp³-hybridized carbons (Fsp3) is 0.0952. The van der Waals surface area contributed by atoms with E-state index >= 15 is 0 Å². The van der Waals surface area contributed by atoms with Crippen LogP contribution in [0.15, 0.2) is 72.8 Å². The molecule has 3 aromatic carbocycles. The van der Waals surface area contributed by atoms with Gasteiger partial charge in [-0.2, -0.15) is 0 Å². The van der Waals surface area contributed by atoms with E-state index in [4.69, 9.17) is 21.7 Å². The molecule has 3 aromatic rings. The van der Waals surface area contributed by atoms with Crippen LogP contribution in [0.2, 0.25) is 0 Å². The molecule has 0 radical (unpaired) electrons. The van der Waals surface area contributed by atoms with E-state index < -0.39 is 11.8 Å². The standard InChI is InChI=1S/C21H19N3O4S/c25-19(13-27-16-9-2-1-3-10-16)22-21(29)24-23-20(26)14-28-18-12-6-8-15-7-4-5-11-17(15)18/h1-12H,13-14H2,(H,23,26)(H2,22,24,25,29). The first-order chi connectivity index (χ1) is 14.1. The summed E-state index contributed by atoms with van der Waals surface area (Å²) in [6.45, 7) is -0.418. The Kier molecular flexibility index (Phi) is 6.96. The molecule has 0 aliphatic carbocycles. The number of hydrazine groups is 1. The Hall–Kier alpha value is -3.65. The predicted molar refractivity (Wildman–Crippen MR) is 113 cm³/mol. The summed E-state index contributed by atoms with van der Waals surface area (Å²) in [7, 11) is 0. The normalized spacial score (nSPS) is 10.1. The zero-order chi connectivity index (χ0) is 20.5. The van der Waals surface area contributed by atoms with Crippen LogP contribution in [0.4, 0.5) is 0 Å². The average Bonchev–Trinajstić information content (AvgIpc) is 2.75. The van der Waals surface area contributed by atoms with Crippen molar-refractivity contribution in [3.05, 3.63) is 72.8 Å². The molecule has 0 aliphatic rings. The van der Waals surface area contributed by atoms with Crippen molar-refractivity contribution in [3.8, 4) is 11.5 Å². The fourth-order valence-corrected chi connectivity index (χ4v) is 2.65. The maximum absolute atomic E-state index is 12.0. The molecule has 0 saturated carbocycles. The number of ether oxygens (including phenoxy) is 2. The van der Waals surface area contributed by atoms with Crippen LogP contribution in [0.1, 0.15) is 0 Å². The van der Waals surface area contributed by atoms with Gasteiger partial charge in [-0.15, -0.1) is 0 Å². The zero-order valence-electron chi connectivity index (χ0n) is 15.4. The smallest absolute Gasteiger partial charge is 0.276 e. The number of hydrogen-bond acceptors (Lipinski definition) is 5. The largest absolute Gasteiger partial charge is 0.484 e. The van der Waals surface area contributed by atoms with Gasteiger partial charge in [0.05, 0.1) is 0 Å². The quantitative estimate of drug-likeness (QED) is 0.428. The minimum atomic E-state index is -0.451. The highest BCUT2D eigenvalue weighted by atomic mass is 32.1. The van der Waals surface area contributed by atoms with Crippen molar-refractivity contribution in [2.45, 2.75) is 0 Å². The molecule has 0 unspecified atom stereocenters. The van der Waals surface area contributed by atoms with Gasteiger partial charge in [0, 0.05) is 5.39 Å². The molecule has 148 valence electrons. The Bertz CT molecular complexity index is 1010. The molecule has 0 saturated heterocycles. The number of fused-ring (bicyclic) bond motifs is 1. The van der Waals surface area contributed by atoms with Crippen molar-refractivity contribution in [3.63, 3.8) is 0 Å². The van der Waals surface area contributed by atoms with Crippen LogP contribution >= 0.6 is 12.2 Å². The van der Waals surface area contributed by atoms with Crippen LogP contribution in [-0.4, -0.2) is 30.1 Å². The summed E-state index contributed by atoms with van der Waals surface area (Å²) in [5.74, 6) is 0.273. The van der Waals surface area contributed by atoms with E-state index in [1.54, 1.807) is 30.3 Å². The van der Waals surface area contributed by atoms with Gasteiger partial charge in [-0.25, -0.2) is 0 Å². The third kappa shape index (κ3) is 6.18. The summed E-state index contributed by atoms with van der Waals surface area (Å²) < 4.78 is 10.9. The first-order valence-electron chi connectivity index (χ1n) is 8.79. The Morgan fingerprint density at radius 2 is 1.45 bits per heavy atom. The van der Waals surface area contributed by atoms with E-state index in [9.17, 15) is 9.59 Å². The molecule has 0 fully saturated rings. The van der Waals surface area contributed by atoms with Crippen LogP contribution < -0.4 is 25.6 Å². The van der Waals surface area contributed by atoms with E-state index in [1.165, 1.54) is 0 Å². The van der Waals surface area contributed by atoms with Gasteiger partial charge in [0.15, 0.2) is 18.3 Å². The summed E-state index contributed by atoms with van der Waals surface area (Å²) in [6.07, 6.45) is 0. The van der Waals surface area contributed by atoms with Crippen molar-refractivity contribution in [1.29, 1.82) is 0 Å². The third-order valence-electron chi connectivity index (χ3n) is 3.79. The predicted octanol–water partition coefficient (Wildman–Crippen LogP) is 2.32. The fourth-order valence-electron chi connectivity index (χ4n) is 2.49. The highest BCUT2D eigenvalue weighted by molar-refractivity contribution is 7.80. The number of carbonyl (C=O) groups is 2. The van der Waals surface area contributed by atoms with Crippen molar-refractivity contribution >= 4 is 39.9 Å². The minimum absolute atomic E-state index is 0.0508. The van der Waals surface area contributed by atoms with Crippen molar-refractivity contribution in [2.75, 3.05) is 13.2 Å². The number of nitrogens with one attached hydrogen (secondary N) is 3. The van der Waals surface area contributed by atoms with Crippen LogP contribution in [-0.2, 0) is 9.59 Å². The highest BCUT2D eigenvalue weighted by Gasteiger charge is 2.08. The summed E-state index contributed by atoms with van der Waals surface area (Å²) >= 11 is 4.97. The molecule has 0 atom stereocenters. The number of amides is 2. The SMILES string of the molecule is O=C(COc1cccc2ccccc12)NNC(=S)NC(=O)COc1ccccc1. The molecular formula is C21H19N3O4S. The highest BCUT2D eigenvalue weighted by Crippen LogP contribution is 2.24. The van der Waals surface area contributed by atoms with Gasteiger partial charge in [0.25, 0.3) is 11.8 Å². The van der Waals surface area contributed by atoms with Gasteiger partial charge < -0.3 is 9.47 Å². The number of thiocarbonyl (C=S) groups is 1. The Morgan fingerprint density at radius 3 is 2.28 bits per heavy atom. The molecule has 0 aliphatic heterocycles. The van der Waals surface area contributed by atoms with Crippen LogP contribution in [0.3, 0.4) is 0 Å². The van der Waals surface area contributed by atoms with E-state index in [0.29, 0.717) is 11.5 Å². The lowest BCUT2D eigenvalue weighted by Gasteiger charge is -2.12. The molecular weight excluding hydrogens is 390 g/mol. The van der Waals surface area contributed by atoms with Gasteiger partial charge >= 0.3 is 0 Å². The molecule has 7 nitrogen and oxygen atoms in total. The van der Waals surface area contributed by atoms with Gasteiger partial charge in [-0.3, -0.25) is 25.8 Å². The van der Waals surface area contributed by atoms with Crippen molar-refractivity contribution in [2.24, 2.45) is 0 Å². The Labute approximate surface area is 173 Å². The molecule has 0 heterocycles. The van der Waals surface area contributed by atoms with Crippen LogP contribution in [0.5, 0.6) is 11.5 Å². The Morgan fingerprint density at radius 1 is 0.759 bits per heavy atom.